The lowest BCUT2D eigenvalue weighted by Crippen LogP contribution is -2.48. The van der Waals surface area contributed by atoms with E-state index >= 15 is 0 Å². The fourth-order valence-corrected chi connectivity index (χ4v) is 4.87. The number of hydrogen-bond donors (Lipinski definition) is 0. The minimum absolute atomic E-state index is 0.147. The lowest BCUT2D eigenvalue weighted by atomic mass is 9.76. The second-order valence-electron chi connectivity index (χ2n) is 6.65. The van der Waals surface area contributed by atoms with Crippen LogP contribution in [0.25, 0.3) is 10.1 Å². The summed E-state index contributed by atoms with van der Waals surface area (Å²) >= 11 is 5.03. The first-order chi connectivity index (χ1) is 14.4. The number of carbonyl (C=O) groups excluding carboxylic acids is 2. The summed E-state index contributed by atoms with van der Waals surface area (Å²) in [5, 5.41) is 1.04. The van der Waals surface area contributed by atoms with E-state index in [1.807, 2.05) is 24.3 Å². The molecule has 0 aliphatic rings. The fourth-order valence-electron chi connectivity index (χ4n) is 3.37. The lowest BCUT2D eigenvalue weighted by molar-refractivity contribution is -0.164. The Labute approximate surface area is 188 Å². The molecule has 0 bridgehead atoms. The molecule has 5 nitrogen and oxygen atoms in total. The van der Waals surface area contributed by atoms with Crippen LogP contribution in [-0.4, -0.2) is 32.3 Å². The van der Waals surface area contributed by atoms with Crippen molar-refractivity contribution in [2.75, 3.05) is 20.3 Å². The van der Waals surface area contributed by atoms with Crippen LogP contribution >= 0.6 is 27.3 Å². The maximum atomic E-state index is 13.3. The van der Waals surface area contributed by atoms with Gasteiger partial charge in [0.05, 0.1) is 20.3 Å². The molecule has 0 amide bonds. The van der Waals surface area contributed by atoms with Crippen LogP contribution in [0.3, 0.4) is 0 Å². The maximum absolute atomic E-state index is 13.3. The number of methoxy groups -OCH3 is 1. The quantitative estimate of drug-likeness (QED) is 0.317. The zero-order valence-corrected chi connectivity index (χ0v) is 19.5. The Hall–Kier alpha value is -2.38. The topological polar surface area (TPSA) is 61.8 Å². The van der Waals surface area contributed by atoms with Crippen LogP contribution in [0, 0.1) is 0 Å². The summed E-state index contributed by atoms with van der Waals surface area (Å²) in [6, 6.07) is 14.9. The second-order valence-corrected chi connectivity index (χ2v) is 8.73. The number of rotatable bonds is 8. The third kappa shape index (κ3) is 4.37. The van der Waals surface area contributed by atoms with Crippen molar-refractivity contribution in [1.29, 1.82) is 0 Å². The molecule has 0 unspecified atom stereocenters. The highest BCUT2D eigenvalue weighted by Gasteiger charge is 2.51. The molecule has 0 atom stereocenters. The Morgan fingerprint density at radius 1 is 0.967 bits per heavy atom. The summed E-state index contributed by atoms with van der Waals surface area (Å²) in [5.41, 5.74) is -1.09. The van der Waals surface area contributed by atoms with Crippen LogP contribution in [0.1, 0.15) is 24.3 Å². The van der Waals surface area contributed by atoms with Crippen molar-refractivity contribution < 1.29 is 23.8 Å². The molecule has 7 heteroatoms. The van der Waals surface area contributed by atoms with Crippen LogP contribution < -0.4 is 4.74 Å². The first kappa shape index (κ1) is 22.3. The highest BCUT2D eigenvalue weighted by atomic mass is 79.9. The van der Waals surface area contributed by atoms with Gasteiger partial charge >= 0.3 is 11.9 Å². The van der Waals surface area contributed by atoms with Gasteiger partial charge in [-0.1, -0.05) is 28.1 Å². The first-order valence-electron chi connectivity index (χ1n) is 9.61. The van der Waals surface area contributed by atoms with Gasteiger partial charge in [-0.15, -0.1) is 11.3 Å². The van der Waals surface area contributed by atoms with E-state index in [0.717, 1.165) is 19.4 Å². The van der Waals surface area contributed by atoms with E-state index in [2.05, 4.69) is 15.9 Å². The SMILES string of the molecule is CCOC(=O)C(Cc1cc2cc(Br)ccc2s1)(C(=O)OCC)c1ccc(OC)cc1. The molecule has 0 aliphatic heterocycles. The Kier molecular flexibility index (Phi) is 7.15. The number of halogens is 1. The third-order valence-corrected chi connectivity index (χ3v) is 6.41. The lowest BCUT2D eigenvalue weighted by Gasteiger charge is -2.29. The predicted molar refractivity (Wildman–Crippen MR) is 121 cm³/mol. The van der Waals surface area contributed by atoms with Crippen molar-refractivity contribution in [3.63, 3.8) is 0 Å². The molecule has 0 radical (unpaired) electrons. The summed E-state index contributed by atoms with van der Waals surface area (Å²) in [7, 11) is 1.56. The van der Waals surface area contributed by atoms with Crippen LogP contribution in [0.2, 0.25) is 0 Å². The molecule has 158 valence electrons. The van der Waals surface area contributed by atoms with Crippen molar-refractivity contribution >= 4 is 49.3 Å². The molecule has 0 spiro atoms. The molecule has 0 fully saturated rings. The van der Waals surface area contributed by atoms with Crippen molar-refractivity contribution in [3.8, 4) is 5.75 Å². The largest absolute Gasteiger partial charge is 0.497 e. The first-order valence-corrected chi connectivity index (χ1v) is 11.2. The standard InChI is InChI=1S/C23H23BrO5S/c1-4-28-21(25)23(22(26)29-5-2,16-6-9-18(27-3)10-7-16)14-19-13-15-12-17(24)8-11-20(15)30-19/h6-13H,4-5,14H2,1-3H3. The van der Waals surface area contributed by atoms with E-state index in [1.54, 1.807) is 56.6 Å². The van der Waals surface area contributed by atoms with Gasteiger partial charge < -0.3 is 14.2 Å². The molecule has 2 aromatic carbocycles. The van der Waals surface area contributed by atoms with Gasteiger partial charge in [0.25, 0.3) is 0 Å². The van der Waals surface area contributed by atoms with E-state index < -0.39 is 17.4 Å². The number of esters is 2. The van der Waals surface area contributed by atoms with Gasteiger partial charge in [0.1, 0.15) is 5.75 Å². The summed E-state index contributed by atoms with van der Waals surface area (Å²) in [6.07, 6.45) is 0.147. The van der Waals surface area contributed by atoms with Gasteiger partial charge in [-0.05, 0) is 61.2 Å². The van der Waals surface area contributed by atoms with Crippen molar-refractivity contribution in [2.24, 2.45) is 0 Å². The van der Waals surface area contributed by atoms with Crippen molar-refractivity contribution in [2.45, 2.75) is 25.7 Å². The van der Waals surface area contributed by atoms with Gasteiger partial charge in [0.15, 0.2) is 5.41 Å². The molecule has 3 aromatic rings. The van der Waals surface area contributed by atoms with Crippen LogP contribution in [0.4, 0.5) is 0 Å². The molecule has 0 saturated carbocycles. The zero-order chi connectivity index (χ0) is 21.7. The molecule has 1 heterocycles. The third-order valence-electron chi connectivity index (χ3n) is 4.80. The Morgan fingerprint density at radius 3 is 2.17 bits per heavy atom. The van der Waals surface area contributed by atoms with E-state index in [4.69, 9.17) is 14.2 Å². The molecular formula is C23H23BrO5S. The number of fused-ring (bicyclic) bond motifs is 1. The Balaban J connectivity index is 2.15. The Bertz CT molecular complexity index is 1020. The van der Waals surface area contributed by atoms with Crippen molar-refractivity contribution in [1.82, 2.24) is 0 Å². The number of hydrogen-bond acceptors (Lipinski definition) is 6. The average Bonchev–Trinajstić information content (AvgIpc) is 3.13. The number of ether oxygens (including phenoxy) is 3. The van der Waals surface area contributed by atoms with E-state index in [-0.39, 0.29) is 19.6 Å². The molecule has 0 saturated heterocycles. The maximum Gasteiger partial charge on any atom is 0.328 e. The minimum Gasteiger partial charge on any atom is -0.497 e. The monoisotopic (exact) mass is 490 g/mol. The second kappa shape index (κ2) is 9.62. The van der Waals surface area contributed by atoms with Gasteiger partial charge in [-0.3, -0.25) is 9.59 Å². The van der Waals surface area contributed by atoms with Crippen molar-refractivity contribution in [3.05, 3.63) is 63.4 Å². The molecule has 30 heavy (non-hydrogen) atoms. The molecule has 0 N–H and O–H groups in total. The molecule has 3 rings (SSSR count). The summed E-state index contributed by atoms with van der Waals surface area (Å²) in [6.45, 7) is 3.77. The highest BCUT2D eigenvalue weighted by Crippen LogP contribution is 2.37. The summed E-state index contributed by atoms with van der Waals surface area (Å²) in [5.74, 6) is -0.605. The normalized spacial score (nSPS) is 11.3. The fraction of sp³-hybridized carbons (Fsp3) is 0.304. The number of thiophene rings is 1. The van der Waals surface area contributed by atoms with E-state index in [9.17, 15) is 9.59 Å². The van der Waals surface area contributed by atoms with Crippen LogP contribution in [-0.2, 0) is 30.9 Å². The zero-order valence-electron chi connectivity index (χ0n) is 17.1. The summed E-state index contributed by atoms with van der Waals surface area (Å²) in [4.78, 5) is 27.4. The van der Waals surface area contributed by atoms with E-state index in [0.29, 0.717) is 11.3 Å². The number of carbonyl (C=O) groups is 2. The van der Waals surface area contributed by atoms with Gasteiger partial charge in [0.2, 0.25) is 0 Å². The smallest absolute Gasteiger partial charge is 0.328 e. The number of benzene rings is 2. The summed E-state index contributed by atoms with van der Waals surface area (Å²) < 4.78 is 18.0. The van der Waals surface area contributed by atoms with E-state index in [1.165, 1.54) is 0 Å². The Morgan fingerprint density at radius 2 is 1.60 bits per heavy atom. The van der Waals surface area contributed by atoms with Crippen LogP contribution in [0.15, 0.2) is 53.0 Å². The molecule has 0 aliphatic carbocycles. The van der Waals surface area contributed by atoms with Crippen LogP contribution in [0.5, 0.6) is 5.75 Å². The van der Waals surface area contributed by atoms with Gasteiger partial charge in [-0.2, -0.15) is 0 Å². The van der Waals surface area contributed by atoms with Gasteiger partial charge in [0, 0.05) is 20.5 Å². The predicted octanol–water partition coefficient (Wildman–Crippen LogP) is 5.28. The molecule has 1 aromatic heterocycles. The average molecular weight is 491 g/mol. The van der Waals surface area contributed by atoms with Gasteiger partial charge in [-0.25, -0.2) is 0 Å². The minimum atomic E-state index is -1.60. The molecular weight excluding hydrogens is 468 g/mol. The highest BCUT2D eigenvalue weighted by molar-refractivity contribution is 9.10.